The van der Waals surface area contributed by atoms with Gasteiger partial charge < -0.3 is 15.2 Å². The van der Waals surface area contributed by atoms with E-state index in [2.05, 4.69) is 0 Å². The molecule has 0 aliphatic heterocycles. The fourth-order valence-electron chi connectivity index (χ4n) is 1.96. The third-order valence-corrected chi connectivity index (χ3v) is 2.96. The summed E-state index contributed by atoms with van der Waals surface area (Å²) >= 11 is 0. The fourth-order valence-corrected chi connectivity index (χ4v) is 1.96. The van der Waals surface area contributed by atoms with Gasteiger partial charge in [-0.25, -0.2) is 4.39 Å². The lowest BCUT2D eigenvalue weighted by Gasteiger charge is -2.12. The molecule has 0 fully saturated rings. The van der Waals surface area contributed by atoms with Crippen LogP contribution in [0, 0.1) is 5.82 Å². The molecular weight excluding hydrogens is 257 g/mol. The van der Waals surface area contributed by atoms with Crippen molar-refractivity contribution in [1.29, 1.82) is 0 Å². The fraction of sp³-hybridized carbons (Fsp3) is 0.250. The van der Waals surface area contributed by atoms with Gasteiger partial charge in [0.1, 0.15) is 23.9 Å². The topological polar surface area (TPSA) is 44.5 Å². The van der Waals surface area contributed by atoms with Gasteiger partial charge in [0.25, 0.3) is 0 Å². The van der Waals surface area contributed by atoms with Gasteiger partial charge in [0.15, 0.2) is 0 Å². The average molecular weight is 275 g/mol. The Morgan fingerprint density at radius 1 is 1.15 bits per heavy atom. The first-order valence-electron chi connectivity index (χ1n) is 6.47. The maximum atomic E-state index is 13.1. The summed E-state index contributed by atoms with van der Waals surface area (Å²) in [6, 6.07) is 12.0. The van der Waals surface area contributed by atoms with Crippen LogP contribution < -0.4 is 15.2 Å². The summed E-state index contributed by atoms with van der Waals surface area (Å²) in [5.74, 6) is 1.26. The van der Waals surface area contributed by atoms with E-state index in [1.807, 2.05) is 24.3 Å². The molecule has 106 valence electrons. The molecule has 0 aliphatic carbocycles. The van der Waals surface area contributed by atoms with Gasteiger partial charge in [0.05, 0.1) is 7.11 Å². The van der Waals surface area contributed by atoms with E-state index in [9.17, 15) is 4.39 Å². The van der Waals surface area contributed by atoms with Crippen LogP contribution in [-0.2, 0) is 13.0 Å². The zero-order valence-corrected chi connectivity index (χ0v) is 11.4. The Morgan fingerprint density at radius 2 is 2.00 bits per heavy atom. The van der Waals surface area contributed by atoms with Crippen molar-refractivity contribution in [2.75, 3.05) is 13.7 Å². The minimum Gasteiger partial charge on any atom is -0.497 e. The van der Waals surface area contributed by atoms with E-state index in [0.29, 0.717) is 19.6 Å². The minimum atomic E-state index is -0.261. The van der Waals surface area contributed by atoms with Gasteiger partial charge in [-0.15, -0.1) is 0 Å². The minimum absolute atomic E-state index is 0.261. The van der Waals surface area contributed by atoms with E-state index in [0.717, 1.165) is 22.6 Å². The summed E-state index contributed by atoms with van der Waals surface area (Å²) in [5, 5.41) is 0. The molecule has 2 rings (SSSR count). The van der Waals surface area contributed by atoms with Crippen molar-refractivity contribution < 1.29 is 13.9 Å². The van der Waals surface area contributed by atoms with E-state index in [1.165, 1.54) is 12.1 Å². The molecule has 0 saturated carbocycles. The number of rotatable bonds is 6. The number of methoxy groups -OCH3 is 1. The lowest BCUT2D eigenvalue weighted by atomic mass is 10.1. The zero-order valence-electron chi connectivity index (χ0n) is 11.4. The summed E-state index contributed by atoms with van der Waals surface area (Å²) < 4.78 is 24.0. The number of hydrogen-bond acceptors (Lipinski definition) is 3. The largest absolute Gasteiger partial charge is 0.497 e. The predicted octanol–water partition coefficient (Wildman–Crippen LogP) is 2.91. The Balaban J connectivity index is 2.12. The first-order valence-corrected chi connectivity index (χ1v) is 6.47. The first-order chi connectivity index (χ1) is 9.72. The van der Waals surface area contributed by atoms with Crippen molar-refractivity contribution in [1.82, 2.24) is 0 Å². The van der Waals surface area contributed by atoms with E-state index < -0.39 is 0 Å². The third kappa shape index (κ3) is 3.71. The van der Waals surface area contributed by atoms with Crippen LogP contribution in [0.3, 0.4) is 0 Å². The molecular formula is C16H18FNO2. The molecule has 0 radical (unpaired) electrons. The summed E-state index contributed by atoms with van der Waals surface area (Å²) in [5.41, 5.74) is 7.38. The standard InChI is InChI=1S/C16H18FNO2/c1-19-15-5-6-16(13(10-15)7-8-18)20-11-12-3-2-4-14(17)9-12/h2-6,9-10H,7-8,11,18H2,1H3. The average Bonchev–Trinajstić information content (AvgIpc) is 2.46. The predicted molar refractivity (Wildman–Crippen MR) is 76.5 cm³/mol. The maximum Gasteiger partial charge on any atom is 0.123 e. The van der Waals surface area contributed by atoms with Crippen LogP contribution in [0.15, 0.2) is 42.5 Å². The number of benzene rings is 2. The van der Waals surface area contributed by atoms with E-state index >= 15 is 0 Å². The molecule has 0 atom stereocenters. The van der Waals surface area contributed by atoms with Crippen LogP contribution >= 0.6 is 0 Å². The van der Waals surface area contributed by atoms with Crippen LogP contribution in [-0.4, -0.2) is 13.7 Å². The van der Waals surface area contributed by atoms with Crippen LogP contribution in [0.1, 0.15) is 11.1 Å². The van der Waals surface area contributed by atoms with Crippen LogP contribution in [0.2, 0.25) is 0 Å². The molecule has 0 saturated heterocycles. The van der Waals surface area contributed by atoms with Gasteiger partial charge in [0, 0.05) is 0 Å². The van der Waals surface area contributed by atoms with Gasteiger partial charge in [-0.2, -0.15) is 0 Å². The van der Waals surface area contributed by atoms with Crippen molar-refractivity contribution in [2.24, 2.45) is 5.73 Å². The van der Waals surface area contributed by atoms with Gasteiger partial charge in [-0.05, 0) is 54.4 Å². The van der Waals surface area contributed by atoms with Gasteiger partial charge >= 0.3 is 0 Å². The Morgan fingerprint density at radius 3 is 2.70 bits per heavy atom. The second-order valence-electron chi connectivity index (χ2n) is 4.43. The molecule has 0 aromatic heterocycles. The Bertz CT molecular complexity index is 572. The van der Waals surface area contributed by atoms with Crippen LogP contribution in [0.5, 0.6) is 11.5 Å². The number of hydrogen-bond donors (Lipinski definition) is 1. The van der Waals surface area contributed by atoms with Gasteiger partial charge in [-0.3, -0.25) is 0 Å². The highest BCUT2D eigenvalue weighted by atomic mass is 19.1. The third-order valence-electron chi connectivity index (χ3n) is 2.96. The second-order valence-corrected chi connectivity index (χ2v) is 4.43. The highest BCUT2D eigenvalue weighted by Crippen LogP contribution is 2.25. The smallest absolute Gasteiger partial charge is 0.123 e. The lowest BCUT2D eigenvalue weighted by molar-refractivity contribution is 0.301. The number of ether oxygens (including phenoxy) is 2. The van der Waals surface area contributed by atoms with Gasteiger partial charge in [0.2, 0.25) is 0 Å². The molecule has 0 amide bonds. The normalized spacial score (nSPS) is 10.3. The molecule has 0 aliphatic rings. The van der Waals surface area contributed by atoms with Crippen LogP contribution in [0.4, 0.5) is 4.39 Å². The molecule has 0 heterocycles. The summed E-state index contributed by atoms with van der Waals surface area (Å²) in [7, 11) is 1.62. The number of halogens is 1. The molecule has 0 unspecified atom stereocenters. The number of nitrogens with two attached hydrogens (primary N) is 1. The van der Waals surface area contributed by atoms with Gasteiger partial charge in [-0.1, -0.05) is 12.1 Å². The molecule has 2 aromatic carbocycles. The van der Waals surface area contributed by atoms with Crippen molar-refractivity contribution in [2.45, 2.75) is 13.0 Å². The zero-order chi connectivity index (χ0) is 14.4. The summed E-state index contributed by atoms with van der Waals surface area (Å²) in [4.78, 5) is 0. The molecule has 2 N–H and O–H groups in total. The monoisotopic (exact) mass is 275 g/mol. The first kappa shape index (κ1) is 14.3. The molecule has 4 heteroatoms. The Kier molecular flexibility index (Phi) is 4.96. The highest BCUT2D eigenvalue weighted by molar-refractivity contribution is 5.40. The van der Waals surface area contributed by atoms with Crippen molar-refractivity contribution in [3.8, 4) is 11.5 Å². The lowest BCUT2D eigenvalue weighted by Crippen LogP contribution is -2.06. The Hall–Kier alpha value is -2.07. The van der Waals surface area contributed by atoms with Crippen molar-refractivity contribution >= 4 is 0 Å². The molecule has 20 heavy (non-hydrogen) atoms. The van der Waals surface area contributed by atoms with Crippen molar-refractivity contribution in [3.05, 3.63) is 59.4 Å². The SMILES string of the molecule is COc1ccc(OCc2cccc(F)c2)c(CCN)c1. The van der Waals surface area contributed by atoms with E-state index in [1.54, 1.807) is 13.2 Å². The van der Waals surface area contributed by atoms with Crippen molar-refractivity contribution in [3.63, 3.8) is 0 Å². The summed E-state index contributed by atoms with van der Waals surface area (Å²) in [6.45, 7) is 0.852. The second kappa shape index (κ2) is 6.91. The van der Waals surface area contributed by atoms with E-state index in [-0.39, 0.29) is 5.82 Å². The summed E-state index contributed by atoms with van der Waals surface area (Å²) in [6.07, 6.45) is 0.704. The molecule has 0 spiro atoms. The van der Waals surface area contributed by atoms with E-state index in [4.69, 9.17) is 15.2 Å². The van der Waals surface area contributed by atoms with Crippen LogP contribution in [0.25, 0.3) is 0 Å². The molecule has 0 bridgehead atoms. The Labute approximate surface area is 118 Å². The molecule has 3 nitrogen and oxygen atoms in total. The molecule has 2 aromatic rings. The highest BCUT2D eigenvalue weighted by Gasteiger charge is 2.06. The maximum absolute atomic E-state index is 13.1. The quantitative estimate of drug-likeness (QED) is 0.881.